The molecule has 3 heterocycles. The number of nitrogens with one attached hydrogen (secondary N) is 1. The normalized spacial score (nSPS) is 22.0. The largest absolute Gasteiger partial charge is 0.486 e. The van der Waals surface area contributed by atoms with Crippen molar-refractivity contribution in [3.8, 4) is 5.75 Å². The number of rotatable bonds is 4. The fourth-order valence-corrected chi connectivity index (χ4v) is 4.12. The molecule has 0 saturated carbocycles. The van der Waals surface area contributed by atoms with E-state index in [1.54, 1.807) is 28.4 Å². The lowest BCUT2D eigenvalue weighted by Gasteiger charge is -2.34. The van der Waals surface area contributed by atoms with Crippen LogP contribution in [0.5, 0.6) is 5.75 Å². The topological polar surface area (TPSA) is 71.5 Å². The van der Waals surface area contributed by atoms with E-state index in [0.29, 0.717) is 24.5 Å². The van der Waals surface area contributed by atoms with E-state index in [-0.39, 0.29) is 23.9 Å². The number of amides is 2. The Kier molecular flexibility index (Phi) is 4.17. The number of carbonyl (C=O) groups excluding carboxylic acids is 2. The molecule has 2 fully saturated rings. The summed E-state index contributed by atoms with van der Waals surface area (Å²) in [4.78, 5) is 31.3. The van der Waals surface area contributed by atoms with Crippen molar-refractivity contribution in [1.29, 1.82) is 0 Å². The Morgan fingerprint density at radius 1 is 1.40 bits per heavy atom. The number of hydrogen-bond donors (Lipinski definition) is 1. The Morgan fingerprint density at radius 3 is 3.04 bits per heavy atom. The lowest BCUT2D eigenvalue weighted by molar-refractivity contribution is -0.127. The van der Waals surface area contributed by atoms with Crippen LogP contribution in [0.15, 0.2) is 29.6 Å². The van der Waals surface area contributed by atoms with Crippen molar-refractivity contribution in [2.45, 2.75) is 38.5 Å². The monoisotopic (exact) mass is 357 g/mol. The van der Waals surface area contributed by atoms with Crippen LogP contribution < -0.4 is 10.1 Å². The summed E-state index contributed by atoms with van der Waals surface area (Å²) in [5.74, 6) is 0.342. The molecule has 2 aliphatic heterocycles. The molecule has 25 heavy (non-hydrogen) atoms. The second-order valence-corrected chi connectivity index (χ2v) is 7.41. The lowest BCUT2D eigenvalue weighted by atomic mass is 10.1. The number of nitrogens with zero attached hydrogens (tertiary/aromatic N) is 2. The molecule has 7 heteroatoms. The van der Waals surface area contributed by atoms with Crippen molar-refractivity contribution < 1.29 is 14.3 Å². The van der Waals surface area contributed by atoms with Gasteiger partial charge in [-0.15, -0.1) is 11.3 Å². The van der Waals surface area contributed by atoms with Crippen molar-refractivity contribution in [1.82, 2.24) is 15.2 Å². The van der Waals surface area contributed by atoms with Gasteiger partial charge < -0.3 is 15.0 Å². The SMILES string of the molecule is Cc1nc(COc2ccccc2C(=O)N2C3CCC2C(=O)NC3)cs1. The maximum atomic E-state index is 13.1. The molecule has 0 aliphatic carbocycles. The predicted molar refractivity (Wildman–Crippen MR) is 93.6 cm³/mol. The van der Waals surface area contributed by atoms with Crippen LogP contribution in [-0.4, -0.2) is 40.3 Å². The van der Waals surface area contributed by atoms with Crippen LogP contribution in [0.2, 0.25) is 0 Å². The fraction of sp³-hybridized carbons (Fsp3) is 0.389. The van der Waals surface area contributed by atoms with Gasteiger partial charge in [0.25, 0.3) is 5.91 Å². The summed E-state index contributed by atoms with van der Waals surface area (Å²) in [6.45, 7) is 2.80. The highest BCUT2D eigenvalue weighted by molar-refractivity contribution is 7.09. The van der Waals surface area contributed by atoms with E-state index in [4.69, 9.17) is 4.74 Å². The third kappa shape index (κ3) is 3.00. The summed E-state index contributed by atoms with van der Waals surface area (Å²) in [5, 5.41) is 5.81. The molecule has 2 aliphatic rings. The van der Waals surface area contributed by atoms with Gasteiger partial charge in [-0.2, -0.15) is 0 Å². The zero-order chi connectivity index (χ0) is 17.4. The average molecular weight is 357 g/mol. The molecule has 2 amide bonds. The summed E-state index contributed by atoms with van der Waals surface area (Å²) < 4.78 is 5.86. The van der Waals surface area contributed by atoms with Crippen LogP contribution in [0, 0.1) is 6.92 Å². The minimum atomic E-state index is -0.361. The molecule has 2 bridgehead atoms. The first-order chi connectivity index (χ1) is 12.1. The number of carbonyl (C=O) groups is 2. The van der Waals surface area contributed by atoms with Crippen molar-refractivity contribution in [3.05, 3.63) is 45.9 Å². The molecule has 2 aromatic rings. The zero-order valence-corrected chi connectivity index (χ0v) is 14.7. The first kappa shape index (κ1) is 16.1. The molecule has 1 N–H and O–H groups in total. The molecule has 1 aromatic heterocycles. The Hall–Kier alpha value is -2.41. The van der Waals surface area contributed by atoms with Gasteiger partial charge in [-0.3, -0.25) is 9.59 Å². The average Bonchev–Trinajstić information content (AvgIpc) is 3.19. The summed E-state index contributed by atoms with van der Waals surface area (Å²) in [6.07, 6.45) is 1.58. The highest BCUT2D eigenvalue weighted by Crippen LogP contribution is 2.31. The summed E-state index contributed by atoms with van der Waals surface area (Å²) in [7, 11) is 0. The van der Waals surface area contributed by atoms with Crippen molar-refractivity contribution in [2.24, 2.45) is 0 Å². The van der Waals surface area contributed by atoms with Crippen LogP contribution in [0.3, 0.4) is 0 Å². The molecule has 2 unspecified atom stereocenters. The summed E-state index contributed by atoms with van der Waals surface area (Å²) in [6, 6.07) is 6.92. The molecule has 2 saturated heterocycles. The molecular formula is C18H19N3O3S. The Morgan fingerprint density at radius 2 is 2.24 bits per heavy atom. The molecule has 0 radical (unpaired) electrons. The van der Waals surface area contributed by atoms with Crippen LogP contribution in [0.1, 0.15) is 33.9 Å². The Balaban J connectivity index is 1.56. The van der Waals surface area contributed by atoms with Gasteiger partial charge in [0.05, 0.1) is 22.3 Å². The van der Waals surface area contributed by atoms with Gasteiger partial charge >= 0.3 is 0 Å². The van der Waals surface area contributed by atoms with Crippen molar-refractivity contribution in [2.75, 3.05) is 6.54 Å². The Labute approximate surface area is 149 Å². The summed E-state index contributed by atoms with van der Waals surface area (Å²) in [5.41, 5.74) is 1.35. The maximum absolute atomic E-state index is 13.1. The minimum Gasteiger partial charge on any atom is -0.486 e. The quantitative estimate of drug-likeness (QED) is 0.910. The van der Waals surface area contributed by atoms with Crippen molar-refractivity contribution in [3.63, 3.8) is 0 Å². The van der Waals surface area contributed by atoms with Crippen LogP contribution >= 0.6 is 11.3 Å². The van der Waals surface area contributed by atoms with Gasteiger partial charge in [0.1, 0.15) is 18.4 Å². The van der Waals surface area contributed by atoms with Gasteiger partial charge in [-0.25, -0.2) is 4.98 Å². The molecule has 130 valence electrons. The maximum Gasteiger partial charge on any atom is 0.258 e. The molecule has 1 aromatic carbocycles. The number of para-hydroxylation sites is 1. The van der Waals surface area contributed by atoms with Crippen molar-refractivity contribution >= 4 is 23.2 Å². The molecule has 4 rings (SSSR count). The van der Waals surface area contributed by atoms with E-state index in [0.717, 1.165) is 23.5 Å². The lowest BCUT2D eigenvalue weighted by Crippen LogP contribution is -2.57. The molecule has 0 spiro atoms. The van der Waals surface area contributed by atoms with E-state index in [2.05, 4.69) is 10.3 Å². The van der Waals surface area contributed by atoms with Gasteiger partial charge in [0.15, 0.2) is 0 Å². The van der Waals surface area contributed by atoms with E-state index in [1.807, 2.05) is 24.4 Å². The van der Waals surface area contributed by atoms with E-state index < -0.39 is 0 Å². The smallest absolute Gasteiger partial charge is 0.258 e. The minimum absolute atomic E-state index is 0.0570. The zero-order valence-electron chi connectivity index (χ0n) is 13.9. The van der Waals surface area contributed by atoms with Crippen LogP contribution in [0.25, 0.3) is 0 Å². The molecule has 6 nitrogen and oxygen atoms in total. The highest BCUT2D eigenvalue weighted by Gasteiger charge is 2.45. The second-order valence-electron chi connectivity index (χ2n) is 6.35. The highest BCUT2D eigenvalue weighted by atomic mass is 32.1. The first-order valence-electron chi connectivity index (χ1n) is 8.36. The molecular weight excluding hydrogens is 338 g/mol. The van der Waals surface area contributed by atoms with Gasteiger partial charge in [0.2, 0.25) is 5.91 Å². The number of ether oxygens (including phenoxy) is 1. The number of hydrogen-bond acceptors (Lipinski definition) is 5. The van der Waals surface area contributed by atoms with Gasteiger partial charge in [0, 0.05) is 11.9 Å². The summed E-state index contributed by atoms with van der Waals surface area (Å²) >= 11 is 1.57. The number of piperazine rings is 1. The van der Waals surface area contributed by atoms with E-state index in [9.17, 15) is 9.59 Å². The standard InChI is InChI=1S/C18H19N3O3S/c1-11-20-12(10-25-11)9-24-16-5-3-2-4-14(16)18(23)21-13-6-7-15(21)17(22)19-8-13/h2-5,10,13,15H,6-9H2,1H3,(H,19,22). The third-order valence-corrected chi connectivity index (χ3v) is 5.53. The molecule has 2 atom stereocenters. The van der Waals surface area contributed by atoms with Gasteiger partial charge in [-0.05, 0) is 31.9 Å². The van der Waals surface area contributed by atoms with E-state index in [1.165, 1.54) is 0 Å². The second kappa shape index (κ2) is 6.48. The fourth-order valence-electron chi connectivity index (χ4n) is 3.52. The van der Waals surface area contributed by atoms with Gasteiger partial charge in [-0.1, -0.05) is 12.1 Å². The number of thiazole rings is 1. The number of benzene rings is 1. The third-order valence-electron chi connectivity index (χ3n) is 4.71. The van der Waals surface area contributed by atoms with E-state index >= 15 is 0 Å². The number of aryl methyl sites for hydroxylation is 1. The van der Waals surface area contributed by atoms with Crippen LogP contribution in [-0.2, 0) is 11.4 Å². The predicted octanol–water partition coefficient (Wildman–Crippen LogP) is 2.13. The number of aromatic nitrogens is 1. The number of fused-ring (bicyclic) bond motifs is 2. The first-order valence-corrected chi connectivity index (χ1v) is 9.24. The Bertz CT molecular complexity index is 819. The van der Waals surface area contributed by atoms with Crippen LogP contribution in [0.4, 0.5) is 0 Å².